The van der Waals surface area contributed by atoms with Gasteiger partial charge in [-0.05, 0) is 22.9 Å². The quantitative estimate of drug-likeness (QED) is 0.380. The van der Waals surface area contributed by atoms with Crippen LogP contribution in [0, 0.1) is 0 Å². The highest BCUT2D eigenvalue weighted by molar-refractivity contribution is 7.21. The van der Waals surface area contributed by atoms with Crippen molar-refractivity contribution in [2.45, 2.75) is 0 Å². The molecule has 20 heavy (non-hydrogen) atoms. The minimum atomic E-state index is -0.790. The van der Waals surface area contributed by atoms with Crippen LogP contribution in [0.15, 0.2) is 22.9 Å². The standard InChI is InChI=1S/C10H12N6O2S2/c11-9(17)15(13)5-1-3-19-7(5)8-6(2-4-20-8)16(14)10(12)18/h1-4H,13-14H2,(H2,11,17)(H2,12,18). The number of rotatable bonds is 3. The molecule has 0 bridgehead atoms. The number of carbonyl (C=O) groups excluding carboxylic acids is 2. The van der Waals surface area contributed by atoms with Crippen molar-refractivity contribution in [3.05, 3.63) is 22.9 Å². The SMILES string of the molecule is NC(=O)N(N)c1ccsc1-c1sccc1N(N)C(N)=O. The summed E-state index contributed by atoms with van der Waals surface area (Å²) in [5.41, 5.74) is 11.2. The van der Waals surface area contributed by atoms with Gasteiger partial charge in [-0.25, -0.2) is 31.3 Å². The minimum Gasteiger partial charge on any atom is -0.350 e. The first kappa shape index (κ1) is 14.3. The van der Waals surface area contributed by atoms with Crippen LogP contribution in [0.5, 0.6) is 0 Å². The van der Waals surface area contributed by atoms with Crippen LogP contribution >= 0.6 is 22.7 Å². The molecule has 4 amide bonds. The smallest absolute Gasteiger partial charge is 0.333 e. The predicted molar refractivity (Wildman–Crippen MR) is 80.1 cm³/mol. The molecular formula is C10H12N6O2S2. The van der Waals surface area contributed by atoms with Crippen molar-refractivity contribution in [1.29, 1.82) is 0 Å². The number of nitrogens with two attached hydrogens (primary N) is 4. The average Bonchev–Trinajstić information content (AvgIpc) is 3.04. The summed E-state index contributed by atoms with van der Waals surface area (Å²) in [6.07, 6.45) is 0. The Morgan fingerprint density at radius 1 is 0.850 bits per heavy atom. The van der Waals surface area contributed by atoms with E-state index in [9.17, 15) is 9.59 Å². The molecule has 0 aliphatic rings. The molecule has 2 rings (SSSR count). The van der Waals surface area contributed by atoms with Gasteiger partial charge in [-0.15, -0.1) is 22.7 Å². The first-order chi connectivity index (χ1) is 9.43. The zero-order chi connectivity index (χ0) is 14.9. The van der Waals surface area contributed by atoms with E-state index < -0.39 is 12.1 Å². The maximum Gasteiger partial charge on any atom is 0.333 e. The number of hydrogen-bond acceptors (Lipinski definition) is 6. The lowest BCUT2D eigenvalue weighted by Gasteiger charge is -2.17. The molecule has 106 valence electrons. The lowest BCUT2D eigenvalue weighted by atomic mass is 10.3. The van der Waals surface area contributed by atoms with E-state index in [-0.39, 0.29) is 0 Å². The van der Waals surface area contributed by atoms with E-state index in [0.717, 1.165) is 10.0 Å². The lowest BCUT2D eigenvalue weighted by molar-refractivity contribution is 0.253. The second-order valence-corrected chi connectivity index (χ2v) is 5.52. The molecule has 8 N–H and O–H groups in total. The normalized spacial score (nSPS) is 10.3. The number of amides is 4. The van der Waals surface area contributed by atoms with Crippen molar-refractivity contribution in [3.8, 4) is 9.75 Å². The zero-order valence-corrected chi connectivity index (χ0v) is 11.8. The van der Waals surface area contributed by atoms with E-state index in [4.69, 9.17) is 23.2 Å². The Morgan fingerprint density at radius 2 is 1.20 bits per heavy atom. The highest BCUT2D eigenvalue weighted by Crippen LogP contribution is 2.43. The third kappa shape index (κ3) is 2.44. The molecule has 2 aromatic heterocycles. The third-order valence-electron chi connectivity index (χ3n) is 2.49. The number of nitrogens with zero attached hydrogens (tertiary/aromatic N) is 2. The van der Waals surface area contributed by atoms with Crippen LogP contribution < -0.4 is 33.2 Å². The first-order valence-corrected chi connectivity index (χ1v) is 7.03. The summed E-state index contributed by atoms with van der Waals surface area (Å²) in [4.78, 5) is 23.7. The maximum absolute atomic E-state index is 11.2. The molecule has 0 atom stereocenters. The summed E-state index contributed by atoms with van der Waals surface area (Å²) in [5.74, 6) is 11.2. The molecule has 2 heterocycles. The largest absolute Gasteiger partial charge is 0.350 e. The van der Waals surface area contributed by atoms with Gasteiger partial charge >= 0.3 is 12.1 Å². The number of primary amides is 2. The number of hydrogen-bond donors (Lipinski definition) is 4. The van der Waals surface area contributed by atoms with Crippen molar-refractivity contribution in [1.82, 2.24) is 0 Å². The van der Waals surface area contributed by atoms with Crippen LogP contribution in [0.1, 0.15) is 0 Å². The maximum atomic E-state index is 11.2. The van der Waals surface area contributed by atoms with Crippen LogP contribution in [0.4, 0.5) is 21.0 Å². The minimum absolute atomic E-state index is 0.434. The predicted octanol–water partition coefficient (Wildman–Crippen LogP) is 0.994. The van der Waals surface area contributed by atoms with Gasteiger partial charge < -0.3 is 11.5 Å². The highest BCUT2D eigenvalue weighted by atomic mass is 32.1. The van der Waals surface area contributed by atoms with Crippen molar-refractivity contribution >= 4 is 46.1 Å². The summed E-state index contributed by atoms with van der Waals surface area (Å²) in [7, 11) is 0. The summed E-state index contributed by atoms with van der Waals surface area (Å²) in [5, 5.41) is 5.17. The van der Waals surface area contributed by atoms with Gasteiger partial charge in [0, 0.05) is 0 Å². The third-order valence-corrected chi connectivity index (χ3v) is 4.46. The molecule has 0 aliphatic heterocycles. The highest BCUT2D eigenvalue weighted by Gasteiger charge is 2.21. The molecule has 0 radical (unpaired) electrons. The van der Waals surface area contributed by atoms with Gasteiger partial charge in [0.2, 0.25) is 0 Å². The molecule has 0 fully saturated rings. The molecule has 0 saturated heterocycles. The molecule has 0 unspecified atom stereocenters. The molecule has 0 aliphatic carbocycles. The number of urea groups is 2. The second kappa shape index (κ2) is 5.46. The molecule has 0 saturated carbocycles. The van der Waals surface area contributed by atoms with Crippen LogP contribution in [0.2, 0.25) is 0 Å². The van der Waals surface area contributed by atoms with Crippen molar-refractivity contribution in [3.63, 3.8) is 0 Å². The molecule has 0 aromatic carbocycles. The van der Waals surface area contributed by atoms with Crippen LogP contribution in [-0.2, 0) is 0 Å². The Hall–Kier alpha value is -2.14. The van der Waals surface area contributed by atoms with Crippen LogP contribution in [0.3, 0.4) is 0 Å². The molecule has 10 heteroatoms. The Labute approximate surface area is 122 Å². The van der Waals surface area contributed by atoms with Crippen molar-refractivity contribution < 1.29 is 9.59 Å². The summed E-state index contributed by atoms with van der Waals surface area (Å²) < 4.78 is 0. The molecular weight excluding hydrogens is 300 g/mol. The Morgan fingerprint density at radius 3 is 1.50 bits per heavy atom. The van der Waals surface area contributed by atoms with E-state index in [1.54, 1.807) is 22.9 Å². The first-order valence-electron chi connectivity index (χ1n) is 5.27. The fourth-order valence-corrected chi connectivity index (χ4v) is 3.51. The summed E-state index contributed by atoms with van der Waals surface area (Å²) in [6, 6.07) is 1.73. The molecule has 0 spiro atoms. The fourth-order valence-electron chi connectivity index (χ4n) is 1.56. The van der Waals surface area contributed by atoms with E-state index >= 15 is 0 Å². The van der Waals surface area contributed by atoms with Gasteiger partial charge in [0.25, 0.3) is 0 Å². The monoisotopic (exact) mass is 312 g/mol. The van der Waals surface area contributed by atoms with Gasteiger partial charge in [0.15, 0.2) is 0 Å². The van der Waals surface area contributed by atoms with E-state index in [1.807, 2.05) is 0 Å². The number of hydrazine groups is 2. The van der Waals surface area contributed by atoms with Gasteiger partial charge in [-0.2, -0.15) is 0 Å². The van der Waals surface area contributed by atoms with E-state index in [2.05, 4.69) is 0 Å². The number of thiophene rings is 2. The van der Waals surface area contributed by atoms with Gasteiger partial charge in [0.1, 0.15) is 0 Å². The Balaban J connectivity index is 2.49. The van der Waals surface area contributed by atoms with Crippen LogP contribution in [0.25, 0.3) is 9.75 Å². The Kier molecular flexibility index (Phi) is 3.90. The number of carbonyl (C=O) groups is 2. The van der Waals surface area contributed by atoms with Crippen molar-refractivity contribution in [2.75, 3.05) is 10.0 Å². The second-order valence-electron chi connectivity index (χ2n) is 3.69. The van der Waals surface area contributed by atoms with E-state index in [0.29, 0.717) is 21.1 Å². The summed E-state index contributed by atoms with van der Waals surface area (Å²) >= 11 is 2.69. The van der Waals surface area contributed by atoms with Gasteiger partial charge in [0.05, 0.1) is 21.1 Å². The van der Waals surface area contributed by atoms with Crippen LogP contribution in [-0.4, -0.2) is 12.1 Å². The lowest BCUT2D eigenvalue weighted by Crippen LogP contribution is -2.42. The topological polar surface area (TPSA) is 145 Å². The molecule has 2 aromatic rings. The number of anilines is 2. The fraction of sp³-hybridized carbons (Fsp3) is 0. The Bertz CT molecular complexity index is 595. The van der Waals surface area contributed by atoms with E-state index in [1.165, 1.54) is 22.7 Å². The molecule has 8 nitrogen and oxygen atoms in total. The van der Waals surface area contributed by atoms with Gasteiger partial charge in [-0.3, -0.25) is 0 Å². The summed E-state index contributed by atoms with van der Waals surface area (Å²) in [6.45, 7) is 0. The van der Waals surface area contributed by atoms with Crippen molar-refractivity contribution in [2.24, 2.45) is 23.2 Å². The van der Waals surface area contributed by atoms with Gasteiger partial charge in [-0.1, -0.05) is 0 Å². The zero-order valence-electron chi connectivity index (χ0n) is 10.1. The average molecular weight is 312 g/mol.